The van der Waals surface area contributed by atoms with Crippen LogP contribution in [0.15, 0.2) is 17.2 Å². The molecule has 7 N–H and O–H groups in total. The fourth-order valence-corrected chi connectivity index (χ4v) is 3.21. The van der Waals surface area contributed by atoms with Crippen molar-refractivity contribution in [1.82, 2.24) is 34.1 Å². The summed E-state index contributed by atoms with van der Waals surface area (Å²) < 4.78 is 17.0. The van der Waals surface area contributed by atoms with Crippen LogP contribution in [0, 0.1) is 6.08 Å². The first-order chi connectivity index (χ1) is 13.3. The quantitative estimate of drug-likeness (QED) is 0.366. The third-order valence-electron chi connectivity index (χ3n) is 4.51. The average molecular weight is 386 g/mol. The number of aromatic amines is 1. The van der Waals surface area contributed by atoms with Gasteiger partial charge in [0.05, 0.1) is 12.5 Å². The highest BCUT2D eigenvalue weighted by molar-refractivity contribution is 5.81. The van der Waals surface area contributed by atoms with Crippen LogP contribution in [0.4, 0.5) is 16.0 Å². The zero-order chi connectivity index (χ0) is 20.2. The molecule has 0 aliphatic carbocycles. The molecule has 0 radical (unpaired) electrons. The van der Waals surface area contributed by atoms with Gasteiger partial charge in [0.15, 0.2) is 22.5 Å². The van der Waals surface area contributed by atoms with Gasteiger partial charge in [-0.25, -0.2) is 15.0 Å². The summed E-state index contributed by atoms with van der Waals surface area (Å²) in [5, 5.41) is 0. The Morgan fingerprint density at radius 3 is 2.68 bits per heavy atom. The monoisotopic (exact) mass is 386 g/mol. The fraction of sp³-hybridized carbons (Fsp3) is 0.312. The largest absolute Gasteiger partial charge is 0.385 e. The minimum Gasteiger partial charge on any atom is -0.385 e. The van der Waals surface area contributed by atoms with Crippen LogP contribution < -0.4 is 22.6 Å². The van der Waals surface area contributed by atoms with E-state index in [9.17, 15) is 9.18 Å². The van der Waals surface area contributed by atoms with Crippen molar-refractivity contribution < 1.29 is 4.39 Å². The Kier molecular flexibility index (Phi) is 4.00. The second kappa shape index (κ2) is 6.27. The smallest absolute Gasteiger partial charge is 0.292 e. The first-order valence-corrected chi connectivity index (χ1v) is 8.57. The molecule has 4 rings (SSSR count). The molecule has 0 amide bonds. The van der Waals surface area contributed by atoms with Crippen LogP contribution in [0.3, 0.4) is 0 Å². The Hall–Kier alpha value is -3.54. The summed E-state index contributed by atoms with van der Waals surface area (Å²) in [5.41, 5.74) is 18.4. The number of anilines is 2. The van der Waals surface area contributed by atoms with Gasteiger partial charge in [-0.15, -0.1) is 0 Å². The molecule has 0 saturated carbocycles. The van der Waals surface area contributed by atoms with E-state index in [2.05, 4.69) is 24.9 Å². The summed E-state index contributed by atoms with van der Waals surface area (Å²) in [6.45, 7) is 3.51. The van der Waals surface area contributed by atoms with Crippen LogP contribution in [0.2, 0.25) is 0 Å². The Morgan fingerprint density at radius 1 is 1.21 bits per heavy atom. The van der Waals surface area contributed by atoms with Crippen LogP contribution in [0.5, 0.6) is 0 Å². The van der Waals surface area contributed by atoms with Crippen molar-refractivity contribution in [3.8, 4) is 0 Å². The summed E-state index contributed by atoms with van der Waals surface area (Å²) in [7, 11) is 0. The van der Waals surface area contributed by atoms with E-state index >= 15 is 0 Å². The van der Waals surface area contributed by atoms with Crippen LogP contribution in [-0.2, 0) is 6.42 Å². The molecular weight excluding hydrogens is 367 g/mol. The Bertz CT molecular complexity index is 1250. The number of pyridine rings is 1. The molecular formula is C16H19FN10O. The second-order valence-electron chi connectivity index (χ2n) is 6.68. The number of aromatic nitrogens is 7. The Labute approximate surface area is 157 Å². The van der Waals surface area contributed by atoms with Gasteiger partial charge in [0.25, 0.3) is 6.08 Å². The molecule has 0 aliphatic rings. The number of H-pyrrole nitrogens is 1. The molecule has 0 aromatic carbocycles. The topological polar surface area (TPSA) is 172 Å². The van der Waals surface area contributed by atoms with E-state index in [-0.39, 0.29) is 39.8 Å². The highest BCUT2D eigenvalue weighted by Crippen LogP contribution is 2.23. The zero-order valence-electron chi connectivity index (χ0n) is 15.2. The predicted molar refractivity (Wildman–Crippen MR) is 102 cm³/mol. The van der Waals surface area contributed by atoms with Crippen molar-refractivity contribution in [3.63, 3.8) is 0 Å². The fourth-order valence-electron chi connectivity index (χ4n) is 3.21. The van der Waals surface area contributed by atoms with Crippen molar-refractivity contribution in [1.29, 1.82) is 0 Å². The minimum absolute atomic E-state index is 0.0682. The summed E-state index contributed by atoms with van der Waals surface area (Å²) in [6, 6.07) is 1.09. The number of rotatable bonds is 4. The Morgan fingerprint density at radius 2 is 1.96 bits per heavy atom. The molecule has 0 fully saturated rings. The van der Waals surface area contributed by atoms with E-state index < -0.39 is 12.2 Å². The number of nitrogens with zero attached hydrogens (tertiary/aromatic N) is 6. The molecule has 4 aromatic rings. The highest BCUT2D eigenvalue weighted by atomic mass is 19.1. The van der Waals surface area contributed by atoms with Gasteiger partial charge in [0, 0.05) is 18.5 Å². The number of hydrogen-bond acceptors (Lipinski definition) is 8. The molecule has 0 saturated heterocycles. The van der Waals surface area contributed by atoms with E-state index in [0.717, 1.165) is 4.57 Å². The molecule has 12 heteroatoms. The van der Waals surface area contributed by atoms with Gasteiger partial charge < -0.3 is 26.8 Å². The average Bonchev–Trinajstić information content (AvgIpc) is 3.15. The SMILES string of the molecule is CC(Cc1nc(N)c2nc(F)n(C(C)N)c2n1)n1cnc2c(=O)cc(N)[nH]c21. The number of fused-ring (bicyclic) bond motifs is 2. The first-order valence-electron chi connectivity index (χ1n) is 8.57. The van der Waals surface area contributed by atoms with Crippen molar-refractivity contribution >= 4 is 34.0 Å². The number of hydrogen-bond donors (Lipinski definition) is 4. The van der Waals surface area contributed by atoms with E-state index in [4.69, 9.17) is 17.2 Å². The van der Waals surface area contributed by atoms with Gasteiger partial charge in [-0.2, -0.15) is 9.37 Å². The van der Waals surface area contributed by atoms with Gasteiger partial charge in [0.1, 0.15) is 17.3 Å². The molecule has 0 aliphatic heterocycles. The summed E-state index contributed by atoms with van der Waals surface area (Å²) in [6.07, 6.45) is 0.439. The third-order valence-corrected chi connectivity index (χ3v) is 4.51. The standard InChI is InChI=1S/C16H19FN10O/c1-6(26-5-21-11-8(28)4-9(19)22-14(11)26)3-10-23-13(20)12-15(24-10)27(7(2)18)16(17)25-12/h4-7H,3,18H2,1-2H3,(H3,19,22,28)(H2,20,23,24). The van der Waals surface area contributed by atoms with E-state index in [1.165, 1.54) is 6.07 Å². The minimum atomic E-state index is -0.773. The lowest BCUT2D eigenvalue weighted by Gasteiger charge is -2.14. The zero-order valence-corrected chi connectivity index (χ0v) is 15.2. The van der Waals surface area contributed by atoms with E-state index in [0.29, 0.717) is 17.9 Å². The maximum absolute atomic E-state index is 14.1. The number of nitrogens with two attached hydrogens (primary N) is 3. The third kappa shape index (κ3) is 2.74. The van der Waals surface area contributed by atoms with E-state index in [1.807, 2.05) is 6.92 Å². The van der Waals surface area contributed by atoms with Crippen LogP contribution >= 0.6 is 0 Å². The normalized spacial score (nSPS) is 14.0. The van der Waals surface area contributed by atoms with Crippen molar-refractivity contribution in [3.05, 3.63) is 34.5 Å². The predicted octanol–water partition coefficient (Wildman–Crippen LogP) is 0.449. The lowest BCUT2D eigenvalue weighted by Crippen LogP contribution is -2.18. The molecule has 2 unspecified atom stereocenters. The number of imidazole rings is 2. The maximum Gasteiger partial charge on any atom is 0.292 e. The molecule has 4 aromatic heterocycles. The van der Waals surface area contributed by atoms with Crippen LogP contribution in [-0.4, -0.2) is 34.1 Å². The lowest BCUT2D eigenvalue weighted by atomic mass is 10.2. The molecule has 11 nitrogen and oxygen atoms in total. The van der Waals surface area contributed by atoms with Gasteiger partial charge in [-0.05, 0) is 13.8 Å². The summed E-state index contributed by atoms with van der Waals surface area (Å²) in [5.74, 6) is 0.690. The molecule has 2 atom stereocenters. The summed E-state index contributed by atoms with van der Waals surface area (Å²) >= 11 is 0. The second-order valence-corrected chi connectivity index (χ2v) is 6.68. The van der Waals surface area contributed by atoms with Gasteiger partial charge >= 0.3 is 0 Å². The van der Waals surface area contributed by atoms with Gasteiger partial charge in [-0.3, -0.25) is 9.36 Å². The number of halogens is 1. The molecule has 0 spiro atoms. The van der Waals surface area contributed by atoms with Crippen molar-refractivity contribution in [2.75, 3.05) is 11.5 Å². The van der Waals surface area contributed by atoms with Gasteiger partial charge in [-0.1, -0.05) is 0 Å². The van der Waals surface area contributed by atoms with Crippen LogP contribution in [0.25, 0.3) is 22.3 Å². The molecule has 28 heavy (non-hydrogen) atoms. The van der Waals surface area contributed by atoms with Crippen molar-refractivity contribution in [2.45, 2.75) is 32.5 Å². The Balaban J connectivity index is 1.76. The first kappa shape index (κ1) is 17.9. The van der Waals surface area contributed by atoms with E-state index in [1.54, 1.807) is 17.8 Å². The van der Waals surface area contributed by atoms with Crippen LogP contribution in [0.1, 0.15) is 31.9 Å². The summed E-state index contributed by atoms with van der Waals surface area (Å²) in [4.78, 5) is 31.5. The number of nitrogen functional groups attached to an aromatic ring is 2. The number of nitrogens with one attached hydrogen (secondary N) is 1. The lowest BCUT2D eigenvalue weighted by molar-refractivity contribution is 0.431. The molecule has 146 valence electrons. The molecule has 4 heterocycles. The highest BCUT2D eigenvalue weighted by Gasteiger charge is 2.20. The maximum atomic E-state index is 14.1. The molecule has 0 bridgehead atoms. The van der Waals surface area contributed by atoms with Crippen molar-refractivity contribution in [2.24, 2.45) is 5.73 Å². The van der Waals surface area contributed by atoms with Gasteiger partial charge in [0.2, 0.25) is 5.43 Å².